The summed E-state index contributed by atoms with van der Waals surface area (Å²) in [5.41, 5.74) is 0.237. The Kier molecular flexibility index (Phi) is 5.14. The lowest BCUT2D eigenvalue weighted by Gasteiger charge is -2.33. The Hall–Kier alpha value is -0.530. The molecule has 0 saturated carbocycles. The number of piperidine rings is 1. The van der Waals surface area contributed by atoms with E-state index in [0.717, 1.165) is 12.8 Å². The van der Waals surface area contributed by atoms with Crippen molar-refractivity contribution in [3.05, 3.63) is 28.2 Å². The molecule has 1 saturated heterocycles. The van der Waals surface area contributed by atoms with Crippen LogP contribution in [-0.2, 0) is 10.2 Å². The van der Waals surface area contributed by atoms with E-state index < -0.39 is 10.2 Å². The molecule has 1 atom stereocenters. The summed E-state index contributed by atoms with van der Waals surface area (Å²) in [6, 6.07) is 4.35. The average Bonchev–Trinajstić information content (AvgIpc) is 2.43. The Morgan fingerprint density at radius 3 is 2.80 bits per heavy atom. The fourth-order valence-electron chi connectivity index (χ4n) is 2.25. The van der Waals surface area contributed by atoms with Gasteiger partial charge >= 0.3 is 10.2 Å². The third-order valence-electron chi connectivity index (χ3n) is 3.28. The fourth-order valence-corrected chi connectivity index (χ4v) is 4.16. The highest BCUT2D eigenvalue weighted by Gasteiger charge is 2.32. The molecular formula is C12H16Cl2N2O3S. The second-order valence-corrected chi connectivity index (χ2v) is 7.06. The molecule has 2 N–H and O–H groups in total. The van der Waals surface area contributed by atoms with Crippen molar-refractivity contribution < 1.29 is 13.5 Å². The van der Waals surface area contributed by atoms with Crippen molar-refractivity contribution >= 4 is 39.1 Å². The SMILES string of the molecule is O=S(=O)(Nc1cccc(Cl)c1Cl)N1CCCCC1CO. The number of rotatable bonds is 4. The number of benzene rings is 1. The van der Waals surface area contributed by atoms with E-state index in [-0.39, 0.29) is 28.4 Å². The standard InChI is InChI=1S/C12H16Cl2N2O3S/c13-10-5-3-6-11(12(10)14)15-20(18,19)16-7-2-1-4-9(16)8-17/h3,5-6,9,15,17H,1-2,4,7-8H2. The van der Waals surface area contributed by atoms with Crippen molar-refractivity contribution in [1.82, 2.24) is 4.31 Å². The van der Waals surface area contributed by atoms with Gasteiger partial charge < -0.3 is 5.11 Å². The lowest BCUT2D eigenvalue weighted by Crippen LogP contribution is -2.47. The normalized spacial score (nSPS) is 20.9. The highest BCUT2D eigenvalue weighted by molar-refractivity contribution is 7.90. The maximum atomic E-state index is 12.4. The Balaban J connectivity index is 2.24. The van der Waals surface area contributed by atoms with E-state index in [1.807, 2.05) is 0 Å². The lowest BCUT2D eigenvalue weighted by atomic mass is 10.1. The van der Waals surface area contributed by atoms with E-state index in [4.69, 9.17) is 23.2 Å². The zero-order valence-corrected chi connectivity index (χ0v) is 13.0. The molecule has 1 aromatic carbocycles. The summed E-state index contributed by atoms with van der Waals surface area (Å²) >= 11 is 11.8. The van der Waals surface area contributed by atoms with Crippen LogP contribution in [0.5, 0.6) is 0 Å². The molecule has 0 radical (unpaired) electrons. The molecule has 1 aliphatic heterocycles. The maximum Gasteiger partial charge on any atom is 0.302 e. The zero-order chi connectivity index (χ0) is 14.8. The van der Waals surface area contributed by atoms with Crippen LogP contribution in [0.3, 0.4) is 0 Å². The fraction of sp³-hybridized carbons (Fsp3) is 0.500. The van der Waals surface area contributed by atoms with Gasteiger partial charge in [-0.3, -0.25) is 4.72 Å². The molecule has 2 rings (SSSR count). The summed E-state index contributed by atoms with van der Waals surface area (Å²) in [7, 11) is -3.76. The molecule has 112 valence electrons. The summed E-state index contributed by atoms with van der Waals surface area (Å²) in [5.74, 6) is 0. The monoisotopic (exact) mass is 338 g/mol. The van der Waals surface area contributed by atoms with Gasteiger partial charge in [-0.2, -0.15) is 12.7 Å². The van der Waals surface area contributed by atoms with Crippen LogP contribution >= 0.6 is 23.2 Å². The molecule has 1 aliphatic rings. The minimum absolute atomic E-state index is 0.162. The Morgan fingerprint density at radius 1 is 1.35 bits per heavy atom. The molecule has 8 heteroatoms. The molecule has 0 aliphatic carbocycles. The molecule has 1 fully saturated rings. The summed E-state index contributed by atoms with van der Waals surface area (Å²) < 4.78 is 28.5. The first-order valence-electron chi connectivity index (χ1n) is 6.30. The van der Waals surface area contributed by atoms with Gasteiger partial charge in [-0.15, -0.1) is 0 Å². The van der Waals surface area contributed by atoms with Crippen LogP contribution in [0.4, 0.5) is 5.69 Å². The average molecular weight is 339 g/mol. The molecule has 0 aromatic heterocycles. The van der Waals surface area contributed by atoms with E-state index >= 15 is 0 Å². The summed E-state index contributed by atoms with van der Waals surface area (Å²) in [6.45, 7) is 0.197. The molecular weight excluding hydrogens is 323 g/mol. The predicted molar refractivity (Wildman–Crippen MR) is 80.4 cm³/mol. The van der Waals surface area contributed by atoms with Crippen molar-refractivity contribution in [2.75, 3.05) is 17.9 Å². The van der Waals surface area contributed by atoms with Crippen LogP contribution in [0.15, 0.2) is 18.2 Å². The van der Waals surface area contributed by atoms with Gasteiger partial charge in [0.1, 0.15) is 0 Å². The van der Waals surface area contributed by atoms with Crippen LogP contribution in [0.2, 0.25) is 10.0 Å². The van der Waals surface area contributed by atoms with Gasteiger partial charge in [0.2, 0.25) is 0 Å². The summed E-state index contributed by atoms with van der Waals surface area (Å²) in [5, 5.41) is 9.75. The molecule has 1 heterocycles. The van der Waals surface area contributed by atoms with Crippen molar-refractivity contribution in [3.63, 3.8) is 0 Å². The predicted octanol–water partition coefficient (Wildman–Crippen LogP) is 2.50. The lowest BCUT2D eigenvalue weighted by molar-refractivity contribution is 0.156. The highest BCUT2D eigenvalue weighted by Crippen LogP contribution is 2.31. The van der Waals surface area contributed by atoms with Crippen LogP contribution in [-0.4, -0.2) is 37.0 Å². The van der Waals surface area contributed by atoms with Gasteiger partial charge in [-0.1, -0.05) is 35.7 Å². The topological polar surface area (TPSA) is 69.6 Å². The van der Waals surface area contributed by atoms with Crippen molar-refractivity contribution in [2.24, 2.45) is 0 Å². The van der Waals surface area contributed by atoms with Gasteiger partial charge in [0, 0.05) is 12.6 Å². The van der Waals surface area contributed by atoms with E-state index in [1.54, 1.807) is 18.2 Å². The number of aliphatic hydroxyl groups excluding tert-OH is 1. The minimum atomic E-state index is -3.76. The summed E-state index contributed by atoms with van der Waals surface area (Å²) in [6.07, 6.45) is 2.34. The number of hydrogen-bond donors (Lipinski definition) is 2. The number of hydrogen-bond acceptors (Lipinski definition) is 3. The van der Waals surface area contributed by atoms with Crippen LogP contribution in [0.1, 0.15) is 19.3 Å². The van der Waals surface area contributed by atoms with E-state index in [9.17, 15) is 13.5 Å². The van der Waals surface area contributed by atoms with E-state index in [2.05, 4.69) is 4.72 Å². The van der Waals surface area contributed by atoms with Crippen molar-refractivity contribution in [1.29, 1.82) is 0 Å². The van der Waals surface area contributed by atoms with Gasteiger partial charge in [0.05, 0.1) is 22.3 Å². The third kappa shape index (κ3) is 3.38. The largest absolute Gasteiger partial charge is 0.395 e. The van der Waals surface area contributed by atoms with E-state index in [0.29, 0.717) is 13.0 Å². The second kappa shape index (κ2) is 6.49. The minimum Gasteiger partial charge on any atom is -0.395 e. The van der Waals surface area contributed by atoms with Gasteiger partial charge in [0.15, 0.2) is 0 Å². The van der Waals surface area contributed by atoms with E-state index in [1.165, 1.54) is 4.31 Å². The Labute approximate surface area is 128 Å². The first-order valence-corrected chi connectivity index (χ1v) is 8.50. The Bertz CT molecular complexity index is 580. The smallest absolute Gasteiger partial charge is 0.302 e. The zero-order valence-electron chi connectivity index (χ0n) is 10.7. The number of aliphatic hydroxyl groups is 1. The number of halogens is 2. The van der Waals surface area contributed by atoms with Crippen molar-refractivity contribution in [3.8, 4) is 0 Å². The molecule has 1 unspecified atom stereocenters. The molecule has 1 aromatic rings. The Morgan fingerprint density at radius 2 is 2.10 bits per heavy atom. The number of nitrogens with zero attached hydrogens (tertiary/aromatic N) is 1. The molecule has 0 amide bonds. The third-order valence-corrected chi connectivity index (χ3v) is 5.68. The number of anilines is 1. The van der Waals surface area contributed by atoms with Crippen LogP contribution in [0.25, 0.3) is 0 Å². The second-order valence-electron chi connectivity index (χ2n) is 4.65. The van der Waals surface area contributed by atoms with Gasteiger partial charge in [-0.05, 0) is 25.0 Å². The van der Waals surface area contributed by atoms with Crippen molar-refractivity contribution in [2.45, 2.75) is 25.3 Å². The molecule has 0 spiro atoms. The number of nitrogens with one attached hydrogen (secondary N) is 1. The molecule has 0 bridgehead atoms. The van der Waals surface area contributed by atoms with Crippen LogP contribution < -0.4 is 4.72 Å². The van der Waals surface area contributed by atoms with Gasteiger partial charge in [0.25, 0.3) is 0 Å². The summed E-state index contributed by atoms with van der Waals surface area (Å²) in [4.78, 5) is 0. The maximum absolute atomic E-state index is 12.4. The first-order chi connectivity index (χ1) is 9.45. The molecule has 5 nitrogen and oxygen atoms in total. The highest BCUT2D eigenvalue weighted by atomic mass is 35.5. The first kappa shape index (κ1) is 15.9. The van der Waals surface area contributed by atoms with Gasteiger partial charge in [-0.25, -0.2) is 0 Å². The quantitative estimate of drug-likeness (QED) is 0.886. The molecule has 20 heavy (non-hydrogen) atoms. The van der Waals surface area contributed by atoms with Crippen LogP contribution in [0, 0.1) is 0 Å².